The molecule has 0 radical (unpaired) electrons. The van der Waals surface area contributed by atoms with Crippen LogP contribution in [0.3, 0.4) is 0 Å². The lowest BCUT2D eigenvalue weighted by molar-refractivity contribution is -0.356. The molecule has 0 bridgehead atoms. The first-order valence-electron chi connectivity index (χ1n) is 24.7. The fourth-order valence-corrected chi connectivity index (χ4v) is 14.4. The average molecular weight is 961 g/mol. The Balaban J connectivity index is 0.826. The average Bonchev–Trinajstić information content (AvgIpc) is 3.51. The monoisotopic (exact) mass is 961 g/mol. The van der Waals surface area contributed by atoms with Crippen molar-refractivity contribution < 1.29 is 92.6 Å². The van der Waals surface area contributed by atoms with E-state index in [1.54, 1.807) is 28.1 Å². The minimum Gasteiger partial charge on any atom is -0.392 e. The maximum Gasteiger partial charge on any atom is 0.187 e. The molecule has 8 rings (SSSR count). The van der Waals surface area contributed by atoms with Crippen LogP contribution in [0.2, 0.25) is 0 Å². The molecule has 4 saturated carbocycles. The van der Waals surface area contributed by atoms with Gasteiger partial charge in [-0.25, -0.2) is 0 Å². The van der Waals surface area contributed by atoms with Crippen LogP contribution in [-0.4, -0.2) is 196 Å². The van der Waals surface area contributed by atoms with E-state index in [1.165, 1.54) is 14.0 Å². The van der Waals surface area contributed by atoms with Crippen LogP contribution in [0, 0.1) is 22.7 Å². The van der Waals surface area contributed by atoms with Gasteiger partial charge in [0.2, 0.25) is 0 Å². The van der Waals surface area contributed by atoms with Gasteiger partial charge in [0.25, 0.3) is 0 Å². The minimum absolute atomic E-state index is 0.0205. The molecule has 0 aromatic carbocycles. The van der Waals surface area contributed by atoms with E-state index in [0.717, 1.165) is 0 Å². The number of ether oxygens (including phenoxy) is 11. The third-order valence-electron chi connectivity index (χ3n) is 18.5. The van der Waals surface area contributed by atoms with Crippen molar-refractivity contribution in [2.75, 3.05) is 21.3 Å². The largest absolute Gasteiger partial charge is 0.392 e. The van der Waals surface area contributed by atoms with Crippen molar-refractivity contribution in [3.8, 4) is 0 Å². The molecule has 4 aliphatic heterocycles. The number of hydrogen-bond donors (Lipinski definition) is 7. The topological polar surface area (TPSA) is 260 Å². The summed E-state index contributed by atoms with van der Waals surface area (Å²) in [6.45, 7) is 12.2. The van der Waals surface area contributed by atoms with Crippen molar-refractivity contribution in [2.45, 2.75) is 253 Å². The van der Waals surface area contributed by atoms with Crippen molar-refractivity contribution in [1.82, 2.24) is 0 Å². The first kappa shape index (κ1) is 52.3. The number of aliphatic hydroxyl groups excluding tert-OH is 4. The molecule has 0 unspecified atom stereocenters. The lowest BCUT2D eigenvalue weighted by Gasteiger charge is -2.68. The highest BCUT2D eigenvalue weighted by molar-refractivity contribution is 5.87. The maximum absolute atomic E-state index is 12.8. The fraction of sp³-hybridized carbons (Fsp3) is 0.979. The van der Waals surface area contributed by atoms with Crippen LogP contribution < -0.4 is 0 Å². The summed E-state index contributed by atoms with van der Waals surface area (Å²) in [7, 11) is 4.57. The van der Waals surface area contributed by atoms with Crippen LogP contribution in [0.4, 0.5) is 0 Å². The number of rotatable bonds is 12. The van der Waals surface area contributed by atoms with E-state index < -0.39 is 150 Å². The summed E-state index contributed by atoms with van der Waals surface area (Å²) in [5.41, 5.74) is -7.42. The van der Waals surface area contributed by atoms with E-state index in [0.29, 0.717) is 38.5 Å². The van der Waals surface area contributed by atoms with Gasteiger partial charge in [-0.1, -0.05) is 13.8 Å². The van der Waals surface area contributed by atoms with Crippen molar-refractivity contribution in [1.29, 1.82) is 0 Å². The Morgan fingerprint density at radius 1 is 0.582 bits per heavy atom. The SMILES string of the molecule is CO[C@@H]1[C@@H](O)[C@H](O[C@@H]2[C@@H](C)O[C@@H](O[C@H]3[C@@H](OC)C[C@H](O[C@H]4[C@@H](O)C[C@H](O[C@H]5CC[C@@]6(C)[C@@H](CC[C@]7(O)[C@@H]6C[C@@H](O)[C@@]6(C)[C@]7(O)CC[C@@]6(O)C(C)=O)C5)O[C@@H]4C)O[C@@H]3C)C[C@H]2OC)O[C@H](C)[C@H]1O. The van der Waals surface area contributed by atoms with Crippen LogP contribution >= 0.6 is 0 Å². The van der Waals surface area contributed by atoms with Gasteiger partial charge in [0.15, 0.2) is 30.9 Å². The number of carbonyl (C=O) groups is 1. The zero-order valence-electron chi connectivity index (χ0n) is 40.9. The third kappa shape index (κ3) is 8.60. The fourth-order valence-electron chi connectivity index (χ4n) is 14.4. The molecule has 0 spiro atoms. The van der Waals surface area contributed by atoms with E-state index >= 15 is 0 Å². The summed E-state index contributed by atoms with van der Waals surface area (Å²) >= 11 is 0. The molecule has 26 atom stereocenters. The summed E-state index contributed by atoms with van der Waals surface area (Å²) in [5, 5.41) is 81.0. The van der Waals surface area contributed by atoms with Gasteiger partial charge >= 0.3 is 0 Å². The van der Waals surface area contributed by atoms with Gasteiger partial charge in [0.05, 0.1) is 66.0 Å². The van der Waals surface area contributed by atoms with E-state index in [-0.39, 0.29) is 44.1 Å². The lowest BCUT2D eigenvalue weighted by atomic mass is 9.40. The van der Waals surface area contributed by atoms with Crippen molar-refractivity contribution >= 4 is 5.78 Å². The number of carbonyl (C=O) groups excluding carboxylic acids is 1. The van der Waals surface area contributed by atoms with Gasteiger partial charge < -0.3 is 87.9 Å². The first-order valence-corrected chi connectivity index (χ1v) is 24.7. The van der Waals surface area contributed by atoms with Gasteiger partial charge in [-0.15, -0.1) is 0 Å². The molecule has 386 valence electrons. The molecule has 8 aliphatic rings. The van der Waals surface area contributed by atoms with Gasteiger partial charge in [-0.05, 0) is 103 Å². The number of aliphatic hydroxyl groups is 7. The van der Waals surface area contributed by atoms with Gasteiger partial charge in [0, 0.05) is 40.6 Å². The Labute approximate surface area is 394 Å². The summed E-state index contributed by atoms with van der Waals surface area (Å²) in [5.74, 6) is -0.855. The number of fused-ring (bicyclic) bond motifs is 5. The molecule has 19 heteroatoms. The Morgan fingerprint density at radius 2 is 1.15 bits per heavy atom. The predicted molar refractivity (Wildman–Crippen MR) is 233 cm³/mol. The standard InChI is InChI=1S/C48H80O19/c1-22-37(52)42(59-10)38(53)43(63-22)67-41-25(4)62-36(20-31(41)58-9)66-40-24(3)61-35(19-30(40)57-8)65-39-23(2)60-34(18-29(39)50)64-28-12-13-44(6)27(17-28)11-14-47(55)32(44)21-33(51)45(7)46(54,26(5)49)15-16-48(45,47)56/h22-25,27-43,50-56H,11-21H2,1-10H3/t22-,23-,24-,25-,27+,28+,29+,30+,31-,32-,33-,34+,35+,36+,37-,38-,39-,40-,41-,42+,43+,44+,45-,46-,47+,48-/m1/s1. The summed E-state index contributed by atoms with van der Waals surface area (Å²) in [6.07, 6.45) is -9.99. The Hall–Kier alpha value is -1.05. The van der Waals surface area contributed by atoms with Crippen molar-refractivity contribution in [2.24, 2.45) is 22.7 Å². The Bertz CT molecular complexity index is 1720. The Kier molecular flexibility index (Phi) is 15.2. The summed E-state index contributed by atoms with van der Waals surface area (Å²) < 4.78 is 67.6. The maximum atomic E-state index is 12.8. The molecule has 0 amide bonds. The molecule has 0 aromatic heterocycles. The first-order chi connectivity index (χ1) is 31.5. The number of methoxy groups -OCH3 is 3. The highest BCUT2D eigenvalue weighted by atomic mass is 16.8. The molecule has 8 fully saturated rings. The van der Waals surface area contributed by atoms with Crippen LogP contribution in [0.15, 0.2) is 0 Å². The van der Waals surface area contributed by atoms with Gasteiger partial charge in [-0.2, -0.15) is 0 Å². The smallest absolute Gasteiger partial charge is 0.187 e. The molecule has 7 N–H and O–H groups in total. The quantitative estimate of drug-likeness (QED) is 0.136. The van der Waals surface area contributed by atoms with Crippen molar-refractivity contribution in [3.63, 3.8) is 0 Å². The second-order valence-corrected chi connectivity index (χ2v) is 21.8. The second kappa shape index (κ2) is 19.4. The van der Waals surface area contributed by atoms with E-state index in [2.05, 4.69) is 6.92 Å². The Morgan fingerprint density at radius 3 is 1.72 bits per heavy atom. The van der Waals surface area contributed by atoms with E-state index in [1.807, 2.05) is 20.8 Å². The highest BCUT2D eigenvalue weighted by Gasteiger charge is 2.81. The minimum atomic E-state index is -1.94. The predicted octanol–water partition coefficient (Wildman–Crippen LogP) is 1.37. The number of Topliss-reactive ketones (excluding diaryl/α,β-unsaturated/α-hetero) is 1. The molecule has 19 nitrogen and oxygen atoms in total. The molecule has 4 saturated heterocycles. The van der Waals surface area contributed by atoms with Crippen LogP contribution in [-0.2, 0) is 56.9 Å². The van der Waals surface area contributed by atoms with Crippen molar-refractivity contribution in [3.05, 3.63) is 0 Å². The summed E-state index contributed by atoms with van der Waals surface area (Å²) in [6, 6.07) is 0. The summed E-state index contributed by atoms with van der Waals surface area (Å²) in [4.78, 5) is 12.8. The molecule has 4 aliphatic carbocycles. The normalized spacial score (nSPS) is 55.9. The molecular formula is C48H80O19. The van der Waals surface area contributed by atoms with E-state index in [4.69, 9.17) is 52.1 Å². The van der Waals surface area contributed by atoms with Gasteiger partial charge in [-0.3, -0.25) is 4.79 Å². The third-order valence-corrected chi connectivity index (χ3v) is 18.5. The van der Waals surface area contributed by atoms with Crippen LogP contribution in [0.25, 0.3) is 0 Å². The lowest BCUT2D eigenvalue weighted by Crippen LogP contribution is -2.78. The molecule has 4 heterocycles. The molecule has 67 heavy (non-hydrogen) atoms. The zero-order chi connectivity index (χ0) is 48.8. The number of hydrogen-bond acceptors (Lipinski definition) is 19. The number of ketones is 1. The highest BCUT2D eigenvalue weighted by Crippen LogP contribution is 2.71. The molecule has 0 aromatic rings. The van der Waals surface area contributed by atoms with E-state index in [9.17, 15) is 40.5 Å². The van der Waals surface area contributed by atoms with Gasteiger partial charge in [0.1, 0.15) is 47.8 Å². The zero-order valence-corrected chi connectivity index (χ0v) is 40.9. The second-order valence-electron chi connectivity index (χ2n) is 21.8. The van der Waals surface area contributed by atoms with Crippen LogP contribution in [0.1, 0.15) is 119 Å². The van der Waals surface area contributed by atoms with Crippen LogP contribution in [0.5, 0.6) is 0 Å². The molecular weight excluding hydrogens is 881 g/mol.